The van der Waals surface area contributed by atoms with Gasteiger partial charge in [0.25, 0.3) is 5.91 Å². The zero-order valence-electron chi connectivity index (χ0n) is 10.6. The number of nitrogens with zero attached hydrogens (tertiary/aromatic N) is 3. The molecule has 1 amide bonds. The summed E-state index contributed by atoms with van der Waals surface area (Å²) in [4.78, 5) is 20.7. The molecule has 0 saturated carbocycles. The van der Waals surface area contributed by atoms with Crippen LogP contribution < -0.4 is 4.90 Å². The molecule has 0 radical (unpaired) electrons. The maximum absolute atomic E-state index is 12.1. The van der Waals surface area contributed by atoms with Gasteiger partial charge in [-0.05, 0) is 37.8 Å². The van der Waals surface area contributed by atoms with Gasteiger partial charge in [0.1, 0.15) is 5.69 Å². The van der Waals surface area contributed by atoms with Crippen LogP contribution >= 0.6 is 0 Å². The maximum atomic E-state index is 12.1. The van der Waals surface area contributed by atoms with E-state index >= 15 is 0 Å². The summed E-state index contributed by atoms with van der Waals surface area (Å²) in [5.41, 5.74) is 1.73. The van der Waals surface area contributed by atoms with Gasteiger partial charge in [0.2, 0.25) is 0 Å². The SMILES string of the molecule is O=C(c1ccc(N2CCCC2)cn1)N1CCCC1. The summed E-state index contributed by atoms with van der Waals surface area (Å²) in [6, 6.07) is 3.90. The summed E-state index contributed by atoms with van der Waals surface area (Å²) in [6.07, 6.45) is 6.60. The van der Waals surface area contributed by atoms with Gasteiger partial charge in [-0.3, -0.25) is 4.79 Å². The number of amides is 1. The highest BCUT2D eigenvalue weighted by Crippen LogP contribution is 2.20. The largest absolute Gasteiger partial charge is 0.370 e. The van der Waals surface area contributed by atoms with E-state index < -0.39 is 0 Å². The van der Waals surface area contributed by atoms with Gasteiger partial charge in [0.15, 0.2) is 0 Å². The number of aromatic nitrogens is 1. The van der Waals surface area contributed by atoms with Crippen molar-refractivity contribution in [2.24, 2.45) is 0 Å². The quantitative estimate of drug-likeness (QED) is 0.798. The van der Waals surface area contributed by atoms with E-state index in [0.29, 0.717) is 5.69 Å². The van der Waals surface area contributed by atoms with Crippen molar-refractivity contribution in [3.8, 4) is 0 Å². The number of carbonyl (C=O) groups excluding carboxylic acids is 1. The molecule has 2 fully saturated rings. The van der Waals surface area contributed by atoms with E-state index in [2.05, 4.69) is 9.88 Å². The Morgan fingerprint density at radius 1 is 1.00 bits per heavy atom. The lowest BCUT2D eigenvalue weighted by Crippen LogP contribution is -2.28. The van der Waals surface area contributed by atoms with Crippen LogP contribution in [-0.2, 0) is 0 Å². The molecule has 4 heteroatoms. The second-order valence-corrected chi connectivity index (χ2v) is 5.10. The molecule has 2 saturated heterocycles. The number of anilines is 1. The molecule has 0 atom stereocenters. The molecule has 3 rings (SSSR count). The summed E-state index contributed by atoms with van der Waals surface area (Å²) < 4.78 is 0. The Hall–Kier alpha value is -1.58. The third kappa shape index (κ3) is 2.19. The molecule has 1 aromatic heterocycles. The first-order valence-corrected chi connectivity index (χ1v) is 6.85. The second kappa shape index (κ2) is 4.96. The minimum Gasteiger partial charge on any atom is -0.370 e. The fraction of sp³-hybridized carbons (Fsp3) is 0.571. The number of hydrogen-bond donors (Lipinski definition) is 0. The van der Waals surface area contributed by atoms with Crippen LogP contribution in [-0.4, -0.2) is 42.0 Å². The average Bonchev–Trinajstić information content (AvgIpc) is 3.11. The number of hydrogen-bond acceptors (Lipinski definition) is 3. The third-order valence-corrected chi connectivity index (χ3v) is 3.83. The van der Waals surface area contributed by atoms with Crippen molar-refractivity contribution in [3.05, 3.63) is 24.0 Å². The van der Waals surface area contributed by atoms with E-state index in [0.717, 1.165) is 44.7 Å². The number of pyridine rings is 1. The first-order valence-electron chi connectivity index (χ1n) is 6.85. The highest BCUT2D eigenvalue weighted by molar-refractivity contribution is 5.92. The summed E-state index contributed by atoms with van der Waals surface area (Å²) >= 11 is 0. The molecule has 0 spiro atoms. The summed E-state index contributed by atoms with van der Waals surface area (Å²) in [5.74, 6) is 0.0838. The van der Waals surface area contributed by atoms with Crippen LogP contribution in [0, 0.1) is 0 Å². The molecule has 2 aliphatic rings. The molecule has 96 valence electrons. The Labute approximate surface area is 108 Å². The van der Waals surface area contributed by atoms with E-state index in [9.17, 15) is 4.79 Å². The molecule has 0 unspecified atom stereocenters. The topological polar surface area (TPSA) is 36.4 Å². The monoisotopic (exact) mass is 245 g/mol. The second-order valence-electron chi connectivity index (χ2n) is 5.10. The van der Waals surface area contributed by atoms with Gasteiger partial charge in [0.05, 0.1) is 11.9 Å². The number of rotatable bonds is 2. The van der Waals surface area contributed by atoms with Crippen molar-refractivity contribution >= 4 is 11.6 Å². The highest BCUT2D eigenvalue weighted by Gasteiger charge is 2.20. The van der Waals surface area contributed by atoms with Crippen LogP contribution in [0.2, 0.25) is 0 Å². The lowest BCUT2D eigenvalue weighted by molar-refractivity contribution is 0.0787. The molecule has 1 aromatic rings. The standard InChI is InChI=1S/C14H19N3O/c18-14(17-9-3-4-10-17)13-6-5-12(11-15-13)16-7-1-2-8-16/h5-6,11H,1-4,7-10H2. The Morgan fingerprint density at radius 2 is 1.67 bits per heavy atom. The average molecular weight is 245 g/mol. The van der Waals surface area contributed by atoms with Crippen molar-refractivity contribution in [2.75, 3.05) is 31.1 Å². The Morgan fingerprint density at radius 3 is 2.28 bits per heavy atom. The predicted octanol–water partition coefficient (Wildman–Crippen LogP) is 1.92. The fourth-order valence-electron chi connectivity index (χ4n) is 2.76. The molecule has 0 bridgehead atoms. The van der Waals surface area contributed by atoms with Crippen molar-refractivity contribution in [1.29, 1.82) is 0 Å². The van der Waals surface area contributed by atoms with Crippen LogP contribution in [0.15, 0.2) is 18.3 Å². The molecule has 18 heavy (non-hydrogen) atoms. The fourth-order valence-corrected chi connectivity index (χ4v) is 2.76. The van der Waals surface area contributed by atoms with Gasteiger partial charge in [-0.25, -0.2) is 4.98 Å². The Balaban J connectivity index is 1.71. The molecular weight excluding hydrogens is 226 g/mol. The minimum atomic E-state index is 0.0838. The van der Waals surface area contributed by atoms with Crippen LogP contribution in [0.3, 0.4) is 0 Å². The van der Waals surface area contributed by atoms with Crippen molar-refractivity contribution in [3.63, 3.8) is 0 Å². The van der Waals surface area contributed by atoms with Gasteiger partial charge in [0, 0.05) is 26.2 Å². The number of likely N-dealkylation sites (tertiary alicyclic amines) is 1. The normalized spacial score (nSPS) is 19.6. The van der Waals surface area contributed by atoms with Crippen LogP contribution in [0.4, 0.5) is 5.69 Å². The van der Waals surface area contributed by atoms with E-state index in [-0.39, 0.29) is 5.91 Å². The maximum Gasteiger partial charge on any atom is 0.272 e. The van der Waals surface area contributed by atoms with Gasteiger partial charge in [-0.2, -0.15) is 0 Å². The third-order valence-electron chi connectivity index (χ3n) is 3.83. The summed E-state index contributed by atoms with van der Waals surface area (Å²) in [5, 5.41) is 0. The molecule has 0 aliphatic carbocycles. The van der Waals surface area contributed by atoms with Gasteiger partial charge >= 0.3 is 0 Å². The van der Waals surface area contributed by atoms with E-state index in [1.54, 1.807) is 0 Å². The van der Waals surface area contributed by atoms with Crippen molar-refractivity contribution < 1.29 is 4.79 Å². The molecule has 4 nitrogen and oxygen atoms in total. The Bertz CT molecular complexity index is 417. The molecule has 0 N–H and O–H groups in total. The smallest absolute Gasteiger partial charge is 0.272 e. The predicted molar refractivity (Wildman–Crippen MR) is 70.8 cm³/mol. The zero-order valence-corrected chi connectivity index (χ0v) is 10.6. The van der Waals surface area contributed by atoms with Gasteiger partial charge in [-0.1, -0.05) is 0 Å². The highest BCUT2D eigenvalue weighted by atomic mass is 16.2. The summed E-state index contributed by atoms with van der Waals surface area (Å²) in [7, 11) is 0. The van der Waals surface area contributed by atoms with Gasteiger partial charge in [-0.15, -0.1) is 0 Å². The minimum absolute atomic E-state index is 0.0838. The van der Waals surface area contributed by atoms with Crippen molar-refractivity contribution in [1.82, 2.24) is 9.88 Å². The molecule has 3 heterocycles. The van der Waals surface area contributed by atoms with E-state index in [1.165, 1.54) is 12.8 Å². The van der Waals surface area contributed by atoms with Gasteiger partial charge < -0.3 is 9.80 Å². The lowest BCUT2D eigenvalue weighted by atomic mass is 10.3. The van der Waals surface area contributed by atoms with E-state index in [4.69, 9.17) is 0 Å². The first kappa shape index (κ1) is 11.5. The lowest BCUT2D eigenvalue weighted by Gasteiger charge is -2.18. The van der Waals surface area contributed by atoms with Crippen LogP contribution in [0.25, 0.3) is 0 Å². The molecular formula is C14H19N3O. The van der Waals surface area contributed by atoms with Crippen molar-refractivity contribution in [2.45, 2.75) is 25.7 Å². The van der Waals surface area contributed by atoms with Crippen LogP contribution in [0.1, 0.15) is 36.2 Å². The molecule has 2 aliphatic heterocycles. The molecule has 0 aromatic carbocycles. The summed E-state index contributed by atoms with van der Waals surface area (Å²) in [6.45, 7) is 3.99. The van der Waals surface area contributed by atoms with E-state index in [1.807, 2.05) is 23.2 Å². The first-order chi connectivity index (χ1) is 8.84. The van der Waals surface area contributed by atoms with Crippen LogP contribution in [0.5, 0.6) is 0 Å². The zero-order chi connectivity index (χ0) is 12.4. The number of carbonyl (C=O) groups is 1. The Kier molecular flexibility index (Phi) is 3.17.